The highest BCUT2D eigenvalue weighted by Gasteiger charge is 2.21. The largest absolute Gasteiger partial charge is 0.544 e. The Labute approximate surface area is 105 Å². The first-order chi connectivity index (χ1) is 8.11. The van der Waals surface area contributed by atoms with Crippen LogP contribution < -0.4 is 14.9 Å². The van der Waals surface area contributed by atoms with Crippen LogP contribution in [0.3, 0.4) is 0 Å². The molecule has 1 N–H and O–H groups in total. The van der Waals surface area contributed by atoms with Crippen LogP contribution in [0.2, 0.25) is 0 Å². The Morgan fingerprint density at radius 3 is 2.65 bits per heavy atom. The van der Waals surface area contributed by atoms with E-state index in [2.05, 4.69) is 16.8 Å². The Balaban J connectivity index is 2.08. The van der Waals surface area contributed by atoms with E-state index in [0.29, 0.717) is 5.69 Å². The van der Waals surface area contributed by atoms with Crippen molar-refractivity contribution in [1.82, 2.24) is 4.98 Å². The fraction of sp³-hybridized carbons (Fsp3) is 0.636. The van der Waals surface area contributed by atoms with E-state index in [1.54, 1.807) is 11.8 Å². The zero-order valence-corrected chi connectivity index (χ0v) is 11.0. The molecule has 0 saturated carbocycles. The number of rotatable bonds is 3. The Kier molecular flexibility index (Phi) is 3.63. The van der Waals surface area contributed by atoms with E-state index < -0.39 is 5.97 Å². The van der Waals surface area contributed by atoms with Crippen LogP contribution in [0, 0.1) is 6.92 Å². The number of likely N-dealkylation sites (N-methyl/N-ethyl adjacent to an activating group) is 1. The fourth-order valence-electron chi connectivity index (χ4n) is 2.07. The van der Waals surface area contributed by atoms with Crippen molar-refractivity contribution in [2.24, 2.45) is 0 Å². The van der Waals surface area contributed by atoms with E-state index in [9.17, 15) is 9.90 Å². The molecule has 1 aliphatic heterocycles. The van der Waals surface area contributed by atoms with Gasteiger partial charge in [0.15, 0.2) is 5.13 Å². The molecule has 1 aromatic heterocycles. The van der Waals surface area contributed by atoms with Gasteiger partial charge in [-0.1, -0.05) is 11.3 Å². The van der Waals surface area contributed by atoms with Crippen LogP contribution in [0.25, 0.3) is 0 Å². The Hall–Kier alpha value is -1.14. The number of carbonyl (C=O) groups is 1. The third kappa shape index (κ3) is 2.58. The van der Waals surface area contributed by atoms with Gasteiger partial charge in [-0.15, -0.1) is 0 Å². The summed E-state index contributed by atoms with van der Waals surface area (Å²) in [5, 5.41) is 11.7. The molecule has 0 amide bonds. The number of quaternary nitrogens is 1. The summed E-state index contributed by atoms with van der Waals surface area (Å²) in [5.41, 5.74) is 0.565. The number of hydrogen-bond acceptors (Lipinski definition) is 5. The van der Waals surface area contributed by atoms with Crippen molar-refractivity contribution in [2.45, 2.75) is 13.8 Å². The molecule has 1 fully saturated rings. The highest BCUT2D eigenvalue weighted by Crippen LogP contribution is 2.25. The van der Waals surface area contributed by atoms with Gasteiger partial charge in [0.1, 0.15) is 0 Å². The number of aromatic nitrogens is 1. The van der Waals surface area contributed by atoms with Crippen LogP contribution >= 0.6 is 11.3 Å². The summed E-state index contributed by atoms with van der Waals surface area (Å²) in [4.78, 5) is 19.2. The van der Waals surface area contributed by atoms with Gasteiger partial charge < -0.3 is 19.7 Å². The summed E-state index contributed by atoms with van der Waals surface area (Å²) in [5.74, 6) is -1.12. The van der Waals surface area contributed by atoms with Gasteiger partial charge >= 0.3 is 0 Å². The topological polar surface area (TPSA) is 60.7 Å². The summed E-state index contributed by atoms with van der Waals surface area (Å²) in [6.07, 6.45) is 0. The van der Waals surface area contributed by atoms with Gasteiger partial charge in [0.2, 0.25) is 0 Å². The first-order valence-corrected chi connectivity index (χ1v) is 6.70. The van der Waals surface area contributed by atoms with Crippen molar-refractivity contribution in [3.05, 3.63) is 10.6 Å². The van der Waals surface area contributed by atoms with Crippen molar-refractivity contribution < 1.29 is 14.8 Å². The monoisotopic (exact) mass is 255 g/mol. The van der Waals surface area contributed by atoms with Crippen LogP contribution in [0.15, 0.2) is 0 Å². The summed E-state index contributed by atoms with van der Waals surface area (Å²) in [7, 11) is 0. The smallest absolute Gasteiger partial charge is 0.186 e. The molecule has 1 saturated heterocycles. The number of piperazine rings is 1. The minimum Gasteiger partial charge on any atom is -0.544 e. The molecule has 17 heavy (non-hydrogen) atoms. The molecule has 0 spiro atoms. The number of thiazole rings is 1. The molecule has 0 aliphatic carbocycles. The second-order valence-electron chi connectivity index (χ2n) is 4.29. The zero-order valence-electron chi connectivity index (χ0n) is 10.2. The van der Waals surface area contributed by atoms with Crippen molar-refractivity contribution in [2.75, 3.05) is 37.6 Å². The maximum absolute atomic E-state index is 10.9. The maximum Gasteiger partial charge on any atom is 0.186 e. The zero-order chi connectivity index (χ0) is 12.4. The fourth-order valence-corrected chi connectivity index (χ4v) is 3.03. The molecule has 2 rings (SSSR count). The molecule has 1 aromatic rings. The van der Waals surface area contributed by atoms with Gasteiger partial charge in [-0.05, 0) is 13.8 Å². The first-order valence-electron chi connectivity index (χ1n) is 5.89. The molecule has 0 unspecified atom stereocenters. The summed E-state index contributed by atoms with van der Waals surface area (Å²) in [6.45, 7) is 9.14. The van der Waals surface area contributed by atoms with Crippen LogP contribution in [0.1, 0.15) is 22.3 Å². The van der Waals surface area contributed by atoms with Gasteiger partial charge in [-0.2, -0.15) is 0 Å². The summed E-state index contributed by atoms with van der Waals surface area (Å²) in [6, 6.07) is 0. The number of nitrogens with one attached hydrogen (secondary N) is 1. The molecule has 94 valence electrons. The molecule has 6 heteroatoms. The lowest BCUT2D eigenvalue weighted by molar-refractivity contribution is -0.898. The predicted octanol–water partition coefficient (Wildman–Crippen LogP) is -1.46. The lowest BCUT2D eigenvalue weighted by Crippen LogP contribution is -3.14. The third-order valence-electron chi connectivity index (χ3n) is 3.21. The molecule has 5 nitrogen and oxygen atoms in total. The van der Waals surface area contributed by atoms with E-state index in [1.165, 1.54) is 11.3 Å². The average Bonchev–Trinajstić information content (AvgIpc) is 2.71. The van der Waals surface area contributed by atoms with Gasteiger partial charge in [0, 0.05) is 0 Å². The van der Waals surface area contributed by atoms with E-state index in [1.807, 2.05) is 0 Å². The first kappa shape index (κ1) is 12.3. The Bertz CT molecular complexity index is 411. The predicted molar refractivity (Wildman–Crippen MR) is 64.6 cm³/mol. The van der Waals surface area contributed by atoms with Crippen molar-refractivity contribution in [3.8, 4) is 0 Å². The number of carboxylic acids is 1. The normalized spacial score (nSPS) is 17.4. The molecule has 1 aliphatic rings. The lowest BCUT2D eigenvalue weighted by atomic mass is 10.3. The number of carbonyl (C=O) groups excluding carboxylic acids is 1. The molecular formula is C11H17N3O2S. The standard InChI is InChI=1S/C11H17N3O2S/c1-3-13-4-6-14(7-5-13)11-12-8(2)9(17-11)10(15)16/h3-7H2,1-2H3,(H,15,16). The third-order valence-corrected chi connectivity index (χ3v) is 4.41. The van der Waals surface area contributed by atoms with Crippen LogP contribution in [0.4, 0.5) is 5.13 Å². The summed E-state index contributed by atoms with van der Waals surface area (Å²) < 4.78 is 0. The number of hydrogen-bond donors (Lipinski definition) is 1. The van der Waals surface area contributed by atoms with E-state index in [0.717, 1.165) is 37.9 Å². The maximum atomic E-state index is 10.9. The van der Waals surface area contributed by atoms with Crippen LogP contribution in [-0.4, -0.2) is 43.7 Å². The van der Waals surface area contributed by atoms with E-state index >= 15 is 0 Å². The quantitative estimate of drug-likeness (QED) is 0.717. The van der Waals surface area contributed by atoms with Gasteiger partial charge in [0.25, 0.3) is 0 Å². The van der Waals surface area contributed by atoms with E-state index in [4.69, 9.17) is 0 Å². The molecular weight excluding hydrogens is 238 g/mol. The number of anilines is 1. The number of carboxylic acid groups (broad SMARTS) is 1. The van der Waals surface area contributed by atoms with Gasteiger partial charge in [-0.3, -0.25) is 0 Å². The average molecular weight is 255 g/mol. The molecule has 0 bridgehead atoms. The van der Waals surface area contributed by atoms with Gasteiger partial charge in [-0.25, -0.2) is 4.98 Å². The molecule has 0 radical (unpaired) electrons. The minimum absolute atomic E-state index is 0.255. The Morgan fingerprint density at radius 1 is 1.53 bits per heavy atom. The molecule has 0 aromatic carbocycles. The lowest BCUT2D eigenvalue weighted by Gasteiger charge is -2.31. The number of aryl methyl sites for hydroxylation is 1. The van der Waals surface area contributed by atoms with Gasteiger partial charge in [0.05, 0.1) is 49.3 Å². The number of aromatic carboxylic acids is 1. The molecule has 2 heterocycles. The highest BCUT2D eigenvalue weighted by molar-refractivity contribution is 7.17. The van der Waals surface area contributed by atoms with Crippen molar-refractivity contribution >= 4 is 22.4 Å². The molecule has 0 atom stereocenters. The van der Waals surface area contributed by atoms with Crippen molar-refractivity contribution in [1.29, 1.82) is 0 Å². The van der Waals surface area contributed by atoms with E-state index in [-0.39, 0.29) is 4.88 Å². The number of nitrogens with zero attached hydrogens (tertiary/aromatic N) is 2. The second-order valence-corrected chi connectivity index (χ2v) is 5.27. The highest BCUT2D eigenvalue weighted by atomic mass is 32.1. The SMILES string of the molecule is CC[NH+]1CCN(c2nc(C)c(C(=O)[O-])s2)CC1. The minimum atomic E-state index is -1.12. The van der Waals surface area contributed by atoms with Crippen molar-refractivity contribution in [3.63, 3.8) is 0 Å². The summed E-state index contributed by atoms with van der Waals surface area (Å²) >= 11 is 1.23. The van der Waals surface area contributed by atoms with Crippen LogP contribution in [-0.2, 0) is 0 Å². The Morgan fingerprint density at radius 2 is 2.18 bits per heavy atom. The van der Waals surface area contributed by atoms with Crippen LogP contribution in [0.5, 0.6) is 0 Å². The second kappa shape index (κ2) is 5.01.